The SMILES string of the molecule is c1ccc(-c2ccc3c(c2)C(c2ccccc2)NC(c2cc(-c4ccc(-c5cccnc5)cc4)cc(-c4ccc(-c5cccnc5)cc4)c2)=N3)cc1. The van der Waals surface area contributed by atoms with E-state index in [0.717, 1.165) is 67.2 Å². The highest BCUT2D eigenvalue weighted by Crippen LogP contribution is 2.39. The molecular weight excluding hydrogens is 633 g/mol. The molecule has 0 spiro atoms. The Morgan fingerprint density at radius 1 is 0.365 bits per heavy atom. The zero-order valence-electron chi connectivity index (χ0n) is 28.4. The van der Waals surface area contributed by atoms with Crippen LogP contribution < -0.4 is 5.32 Å². The highest BCUT2D eigenvalue weighted by Gasteiger charge is 2.25. The van der Waals surface area contributed by atoms with E-state index in [0.29, 0.717) is 0 Å². The van der Waals surface area contributed by atoms with Crippen molar-refractivity contribution in [3.05, 3.63) is 211 Å². The summed E-state index contributed by atoms with van der Waals surface area (Å²) in [6, 6.07) is 60.1. The lowest BCUT2D eigenvalue weighted by Crippen LogP contribution is -2.32. The van der Waals surface area contributed by atoms with Crippen LogP contribution in [0, 0.1) is 0 Å². The fraction of sp³-hybridized carbons (Fsp3) is 0.0208. The van der Waals surface area contributed by atoms with Gasteiger partial charge in [0.05, 0.1) is 11.7 Å². The smallest absolute Gasteiger partial charge is 0.134 e. The zero-order chi connectivity index (χ0) is 34.7. The van der Waals surface area contributed by atoms with Crippen LogP contribution in [-0.2, 0) is 0 Å². The Kier molecular flexibility index (Phi) is 8.24. The normalized spacial score (nSPS) is 13.5. The number of benzene rings is 6. The monoisotopic (exact) mass is 666 g/mol. The number of nitrogens with one attached hydrogen (secondary N) is 1. The van der Waals surface area contributed by atoms with Crippen LogP contribution in [0.4, 0.5) is 5.69 Å². The first-order valence-electron chi connectivity index (χ1n) is 17.5. The van der Waals surface area contributed by atoms with Gasteiger partial charge in [0.15, 0.2) is 0 Å². The summed E-state index contributed by atoms with van der Waals surface area (Å²) in [5.74, 6) is 0.843. The highest BCUT2D eigenvalue weighted by molar-refractivity contribution is 6.04. The molecule has 246 valence electrons. The van der Waals surface area contributed by atoms with Gasteiger partial charge in [-0.25, -0.2) is 4.99 Å². The number of hydrogen-bond donors (Lipinski definition) is 1. The number of pyridine rings is 2. The molecule has 1 unspecified atom stereocenters. The molecule has 4 nitrogen and oxygen atoms in total. The van der Waals surface area contributed by atoms with Crippen LogP contribution in [0.1, 0.15) is 22.7 Å². The van der Waals surface area contributed by atoms with E-state index in [9.17, 15) is 0 Å². The number of nitrogens with zero attached hydrogens (tertiary/aromatic N) is 3. The Labute approximate surface area is 303 Å². The summed E-state index contributed by atoms with van der Waals surface area (Å²) in [7, 11) is 0. The third-order valence-electron chi connectivity index (χ3n) is 9.72. The van der Waals surface area contributed by atoms with E-state index >= 15 is 0 Å². The number of aliphatic imine (C=N–C) groups is 1. The van der Waals surface area contributed by atoms with Crippen molar-refractivity contribution in [3.63, 3.8) is 0 Å². The van der Waals surface area contributed by atoms with Gasteiger partial charge in [-0.3, -0.25) is 9.97 Å². The molecule has 6 aromatic carbocycles. The second kappa shape index (κ2) is 13.8. The van der Waals surface area contributed by atoms with Gasteiger partial charge in [0.25, 0.3) is 0 Å². The van der Waals surface area contributed by atoms with E-state index in [1.807, 2.05) is 24.5 Å². The average Bonchev–Trinajstić information content (AvgIpc) is 3.24. The van der Waals surface area contributed by atoms with Gasteiger partial charge < -0.3 is 5.32 Å². The zero-order valence-corrected chi connectivity index (χ0v) is 28.4. The summed E-state index contributed by atoms with van der Waals surface area (Å²) in [5, 5.41) is 3.88. The van der Waals surface area contributed by atoms with Gasteiger partial charge in [-0.1, -0.05) is 127 Å². The number of hydrogen-bond acceptors (Lipinski definition) is 4. The van der Waals surface area contributed by atoms with Crippen molar-refractivity contribution in [2.45, 2.75) is 6.04 Å². The predicted molar refractivity (Wildman–Crippen MR) is 213 cm³/mol. The van der Waals surface area contributed by atoms with Crippen molar-refractivity contribution in [3.8, 4) is 55.6 Å². The summed E-state index contributed by atoms with van der Waals surface area (Å²) < 4.78 is 0. The van der Waals surface area contributed by atoms with E-state index < -0.39 is 0 Å². The van der Waals surface area contributed by atoms with Gasteiger partial charge in [0.2, 0.25) is 0 Å². The summed E-state index contributed by atoms with van der Waals surface area (Å²) in [6.45, 7) is 0. The molecule has 8 aromatic rings. The van der Waals surface area contributed by atoms with Crippen LogP contribution in [-0.4, -0.2) is 15.8 Å². The average molecular weight is 667 g/mol. The third kappa shape index (κ3) is 6.30. The first kappa shape index (κ1) is 31.1. The maximum absolute atomic E-state index is 5.29. The number of rotatable bonds is 7. The molecule has 1 aliphatic heterocycles. The summed E-state index contributed by atoms with van der Waals surface area (Å²) in [6.07, 6.45) is 7.41. The summed E-state index contributed by atoms with van der Waals surface area (Å²) >= 11 is 0. The fourth-order valence-electron chi connectivity index (χ4n) is 7.00. The van der Waals surface area contributed by atoms with E-state index in [1.54, 1.807) is 12.4 Å². The third-order valence-corrected chi connectivity index (χ3v) is 9.72. The molecule has 0 radical (unpaired) electrons. The van der Waals surface area contributed by atoms with Crippen molar-refractivity contribution >= 4 is 11.5 Å². The Balaban J connectivity index is 1.16. The standard InChI is InChI=1S/C48H34N4/c1-3-9-33(10-4-1)39-23-24-46-45(30-39)47(38-11-5-2-6-12-38)52-48(51-46)44-28-42(36-19-15-34(16-20-36)40-13-7-25-49-31-40)27-43(29-44)37-21-17-35(18-22-37)41-14-8-26-50-32-41/h1-32,47H,(H,51,52). The molecule has 1 aliphatic rings. The maximum atomic E-state index is 5.29. The van der Waals surface area contributed by atoms with Crippen LogP contribution in [0.3, 0.4) is 0 Å². The lowest BCUT2D eigenvalue weighted by Gasteiger charge is -2.29. The molecule has 0 saturated heterocycles. The second-order valence-corrected chi connectivity index (χ2v) is 13.0. The quantitative estimate of drug-likeness (QED) is 0.184. The molecule has 9 rings (SSSR count). The van der Waals surface area contributed by atoms with Gasteiger partial charge >= 0.3 is 0 Å². The highest BCUT2D eigenvalue weighted by atomic mass is 15.1. The van der Waals surface area contributed by atoms with Crippen LogP contribution in [0.25, 0.3) is 55.6 Å². The Morgan fingerprint density at radius 2 is 0.827 bits per heavy atom. The minimum atomic E-state index is -0.0722. The molecule has 1 atom stereocenters. The lowest BCUT2D eigenvalue weighted by molar-refractivity contribution is 0.750. The molecule has 4 heteroatoms. The van der Waals surface area contributed by atoms with Crippen LogP contribution >= 0.6 is 0 Å². The summed E-state index contributed by atoms with van der Waals surface area (Å²) in [5.41, 5.74) is 15.7. The molecule has 2 aromatic heterocycles. The van der Waals surface area contributed by atoms with Crippen LogP contribution in [0.15, 0.2) is 200 Å². The van der Waals surface area contributed by atoms with Crippen molar-refractivity contribution < 1.29 is 0 Å². The fourth-order valence-corrected chi connectivity index (χ4v) is 7.00. The van der Waals surface area contributed by atoms with Crippen molar-refractivity contribution in [1.29, 1.82) is 0 Å². The van der Waals surface area contributed by atoms with Gasteiger partial charge in [0.1, 0.15) is 5.84 Å². The predicted octanol–water partition coefficient (Wildman–Crippen LogP) is 11.6. The molecule has 1 N–H and O–H groups in total. The van der Waals surface area contributed by atoms with Crippen molar-refractivity contribution in [1.82, 2.24) is 15.3 Å². The topological polar surface area (TPSA) is 50.2 Å². The Bertz CT molecular complexity index is 2390. The molecule has 0 bridgehead atoms. The Morgan fingerprint density at radius 3 is 1.37 bits per heavy atom. The molecular formula is C48H34N4. The van der Waals surface area contributed by atoms with Crippen molar-refractivity contribution in [2.75, 3.05) is 0 Å². The van der Waals surface area contributed by atoms with Crippen LogP contribution in [0.5, 0.6) is 0 Å². The van der Waals surface area contributed by atoms with Gasteiger partial charge in [0, 0.05) is 35.9 Å². The molecule has 3 heterocycles. The maximum Gasteiger partial charge on any atom is 0.134 e. The minimum Gasteiger partial charge on any atom is -0.359 e. The molecule has 0 fully saturated rings. The first-order valence-corrected chi connectivity index (χ1v) is 17.5. The van der Waals surface area contributed by atoms with Gasteiger partial charge in [-0.15, -0.1) is 0 Å². The first-order chi connectivity index (χ1) is 25.7. The molecule has 0 saturated carbocycles. The van der Waals surface area contributed by atoms with Crippen molar-refractivity contribution in [2.24, 2.45) is 4.99 Å². The number of fused-ring (bicyclic) bond motifs is 1. The van der Waals surface area contributed by atoms with E-state index in [-0.39, 0.29) is 6.04 Å². The largest absolute Gasteiger partial charge is 0.359 e. The lowest BCUT2D eigenvalue weighted by atomic mass is 9.90. The Hall–Kier alpha value is -6.91. The summed E-state index contributed by atoms with van der Waals surface area (Å²) in [4.78, 5) is 13.9. The van der Waals surface area contributed by atoms with Gasteiger partial charge in [-0.2, -0.15) is 0 Å². The number of amidine groups is 1. The van der Waals surface area contributed by atoms with E-state index in [4.69, 9.17) is 4.99 Å². The minimum absolute atomic E-state index is 0.0722. The van der Waals surface area contributed by atoms with E-state index in [2.05, 4.69) is 173 Å². The molecule has 52 heavy (non-hydrogen) atoms. The number of aromatic nitrogens is 2. The van der Waals surface area contributed by atoms with Gasteiger partial charge in [-0.05, 0) is 104 Å². The molecule has 0 amide bonds. The second-order valence-electron chi connectivity index (χ2n) is 13.0. The van der Waals surface area contributed by atoms with E-state index in [1.165, 1.54) is 16.7 Å². The van der Waals surface area contributed by atoms with Crippen LogP contribution in [0.2, 0.25) is 0 Å². The molecule has 0 aliphatic carbocycles.